The fraction of sp³-hybridized carbons (Fsp3) is 0.154. The third-order valence-corrected chi connectivity index (χ3v) is 2.10. The number of aliphatic hydroxyl groups is 1. The number of carbonyl (C=O) groups excluding carboxylic acids is 3. The van der Waals surface area contributed by atoms with E-state index >= 15 is 0 Å². The summed E-state index contributed by atoms with van der Waals surface area (Å²) in [6, 6.07) is 8.00. The van der Waals surface area contributed by atoms with Gasteiger partial charge in [0.25, 0.3) is 0 Å². The minimum Gasteiger partial charge on any atom is -0.515 e. The summed E-state index contributed by atoms with van der Waals surface area (Å²) in [7, 11) is 0. The van der Waals surface area contributed by atoms with E-state index in [0.29, 0.717) is 6.26 Å². The molecule has 0 aliphatic carbocycles. The molecular formula is C13H12O5. The van der Waals surface area contributed by atoms with Gasteiger partial charge < -0.3 is 9.84 Å². The molecule has 0 spiro atoms. The van der Waals surface area contributed by atoms with Gasteiger partial charge in [0.15, 0.2) is 5.78 Å². The highest BCUT2D eigenvalue weighted by atomic mass is 16.5. The zero-order chi connectivity index (χ0) is 13.5. The molecule has 1 aromatic rings. The Kier molecular flexibility index (Phi) is 4.80. The van der Waals surface area contributed by atoms with Gasteiger partial charge in [-0.25, -0.2) is 4.79 Å². The highest BCUT2D eigenvalue weighted by molar-refractivity contribution is 6.11. The van der Waals surface area contributed by atoms with Gasteiger partial charge in [0.1, 0.15) is 0 Å². The molecule has 0 aliphatic rings. The molecule has 0 fully saturated rings. The predicted molar refractivity (Wildman–Crippen MR) is 63.1 cm³/mol. The molecule has 5 nitrogen and oxygen atoms in total. The van der Waals surface area contributed by atoms with Crippen LogP contribution >= 0.6 is 0 Å². The van der Waals surface area contributed by atoms with E-state index in [0.717, 1.165) is 13.0 Å². The second-order valence-corrected chi connectivity index (χ2v) is 3.48. The van der Waals surface area contributed by atoms with Gasteiger partial charge in [0, 0.05) is 6.08 Å². The van der Waals surface area contributed by atoms with Crippen molar-refractivity contribution in [2.24, 2.45) is 0 Å². The van der Waals surface area contributed by atoms with E-state index in [1.807, 2.05) is 0 Å². The number of hydrogen-bond acceptors (Lipinski definition) is 5. The highest BCUT2D eigenvalue weighted by Gasteiger charge is 2.26. The maximum atomic E-state index is 11.7. The summed E-state index contributed by atoms with van der Waals surface area (Å²) in [5.41, 5.74) is 0.240. The Labute approximate surface area is 104 Å². The molecule has 0 heterocycles. The first kappa shape index (κ1) is 13.6. The van der Waals surface area contributed by atoms with E-state index in [9.17, 15) is 14.4 Å². The number of carbonyl (C=O) groups is 3. The Bertz CT molecular complexity index is 475. The van der Waals surface area contributed by atoms with Gasteiger partial charge >= 0.3 is 5.97 Å². The molecule has 1 atom stereocenters. The molecule has 5 heteroatoms. The van der Waals surface area contributed by atoms with Crippen LogP contribution in [0.5, 0.6) is 0 Å². The number of ketones is 2. The van der Waals surface area contributed by atoms with Crippen LogP contribution in [0.2, 0.25) is 0 Å². The third-order valence-electron chi connectivity index (χ3n) is 2.10. The topological polar surface area (TPSA) is 80.7 Å². The lowest BCUT2D eigenvalue weighted by Gasteiger charge is -2.11. The Hall–Kier alpha value is -2.43. The molecule has 1 aromatic carbocycles. The van der Waals surface area contributed by atoms with Crippen molar-refractivity contribution in [3.05, 3.63) is 48.2 Å². The highest BCUT2D eigenvalue weighted by Crippen LogP contribution is 2.06. The van der Waals surface area contributed by atoms with Crippen LogP contribution in [0.3, 0.4) is 0 Å². The molecule has 94 valence electrons. The lowest BCUT2D eigenvalue weighted by molar-refractivity contribution is -0.135. The van der Waals surface area contributed by atoms with Gasteiger partial charge in [-0.1, -0.05) is 18.2 Å². The van der Waals surface area contributed by atoms with Crippen molar-refractivity contribution >= 4 is 17.5 Å². The number of ether oxygens (including phenoxy) is 1. The molecule has 0 amide bonds. The maximum absolute atomic E-state index is 11.7. The molecule has 0 saturated carbocycles. The van der Waals surface area contributed by atoms with Gasteiger partial charge in [-0.05, 0) is 19.1 Å². The molecule has 1 unspecified atom stereocenters. The van der Waals surface area contributed by atoms with Crippen molar-refractivity contribution in [1.82, 2.24) is 0 Å². The summed E-state index contributed by atoms with van der Waals surface area (Å²) in [6.45, 7) is 1.13. The normalized spacial score (nSPS) is 12.1. The smallest absolute Gasteiger partial charge is 0.339 e. The molecule has 18 heavy (non-hydrogen) atoms. The maximum Gasteiger partial charge on any atom is 0.339 e. The SMILES string of the molecule is CC(=O)C(OC(=O)c1ccccc1)C(=O)C=CO. The largest absolute Gasteiger partial charge is 0.515 e. The molecule has 0 saturated heterocycles. The standard InChI is InChI=1S/C13H12O5/c1-9(15)12(11(16)7-8-14)18-13(17)10-5-3-2-4-6-10/h2-8,12,14H,1H3. The average Bonchev–Trinajstić information content (AvgIpc) is 2.36. The van der Waals surface area contributed by atoms with E-state index in [-0.39, 0.29) is 5.56 Å². The molecule has 0 aromatic heterocycles. The van der Waals surface area contributed by atoms with Crippen LogP contribution in [0.4, 0.5) is 0 Å². The number of rotatable bonds is 5. The van der Waals surface area contributed by atoms with Crippen LogP contribution in [0.1, 0.15) is 17.3 Å². The average molecular weight is 248 g/mol. The summed E-state index contributed by atoms with van der Waals surface area (Å²) in [5, 5.41) is 8.47. The number of hydrogen-bond donors (Lipinski definition) is 1. The Balaban J connectivity index is 2.82. The summed E-state index contributed by atoms with van der Waals surface area (Å²) >= 11 is 0. The summed E-state index contributed by atoms with van der Waals surface area (Å²) in [5.74, 6) is -2.16. The van der Waals surface area contributed by atoms with Gasteiger partial charge in [0.2, 0.25) is 11.9 Å². The first-order valence-corrected chi connectivity index (χ1v) is 5.17. The lowest BCUT2D eigenvalue weighted by atomic mass is 10.1. The van der Waals surface area contributed by atoms with E-state index in [2.05, 4.69) is 0 Å². The fourth-order valence-electron chi connectivity index (χ4n) is 1.25. The summed E-state index contributed by atoms with van der Waals surface area (Å²) in [6.07, 6.45) is -0.264. The molecule has 1 rings (SSSR count). The molecule has 0 aliphatic heterocycles. The van der Waals surface area contributed by atoms with Crippen molar-refractivity contribution in [1.29, 1.82) is 0 Å². The summed E-state index contributed by atoms with van der Waals surface area (Å²) in [4.78, 5) is 34.3. The Morgan fingerprint density at radius 2 is 1.83 bits per heavy atom. The van der Waals surface area contributed by atoms with Crippen molar-refractivity contribution in [2.75, 3.05) is 0 Å². The minimum absolute atomic E-state index is 0.240. The molecule has 0 bridgehead atoms. The van der Waals surface area contributed by atoms with Crippen LogP contribution in [0.25, 0.3) is 0 Å². The van der Waals surface area contributed by atoms with E-state index in [1.165, 1.54) is 12.1 Å². The Morgan fingerprint density at radius 3 is 2.33 bits per heavy atom. The van der Waals surface area contributed by atoms with E-state index < -0.39 is 23.6 Å². The van der Waals surface area contributed by atoms with Crippen LogP contribution < -0.4 is 0 Å². The zero-order valence-electron chi connectivity index (χ0n) is 9.70. The number of esters is 1. The number of Topliss-reactive ketones (excluding diaryl/α,β-unsaturated/α-hetero) is 1. The first-order chi connectivity index (χ1) is 8.56. The number of aliphatic hydroxyl groups excluding tert-OH is 1. The second kappa shape index (κ2) is 6.34. The molecule has 0 radical (unpaired) electrons. The van der Waals surface area contributed by atoms with Crippen molar-refractivity contribution in [3.8, 4) is 0 Å². The van der Waals surface area contributed by atoms with Crippen LogP contribution in [0.15, 0.2) is 42.7 Å². The van der Waals surface area contributed by atoms with Crippen LogP contribution in [-0.2, 0) is 14.3 Å². The van der Waals surface area contributed by atoms with Gasteiger partial charge in [-0.15, -0.1) is 0 Å². The second-order valence-electron chi connectivity index (χ2n) is 3.48. The zero-order valence-corrected chi connectivity index (χ0v) is 9.70. The first-order valence-electron chi connectivity index (χ1n) is 5.17. The monoisotopic (exact) mass is 248 g/mol. The van der Waals surface area contributed by atoms with Gasteiger partial charge in [-0.3, -0.25) is 9.59 Å². The van der Waals surface area contributed by atoms with Crippen LogP contribution in [-0.4, -0.2) is 28.7 Å². The summed E-state index contributed by atoms with van der Waals surface area (Å²) < 4.78 is 4.81. The lowest BCUT2D eigenvalue weighted by Crippen LogP contribution is -2.32. The van der Waals surface area contributed by atoms with Crippen molar-refractivity contribution < 1.29 is 24.2 Å². The minimum atomic E-state index is -1.53. The van der Waals surface area contributed by atoms with Gasteiger partial charge in [0.05, 0.1) is 11.8 Å². The molecular weight excluding hydrogens is 236 g/mol. The van der Waals surface area contributed by atoms with E-state index in [4.69, 9.17) is 9.84 Å². The van der Waals surface area contributed by atoms with Crippen molar-refractivity contribution in [3.63, 3.8) is 0 Å². The quantitative estimate of drug-likeness (QED) is 0.369. The van der Waals surface area contributed by atoms with Gasteiger partial charge in [-0.2, -0.15) is 0 Å². The van der Waals surface area contributed by atoms with Crippen LogP contribution in [0, 0.1) is 0 Å². The van der Waals surface area contributed by atoms with Crippen molar-refractivity contribution in [2.45, 2.75) is 13.0 Å². The third kappa shape index (κ3) is 3.55. The number of benzene rings is 1. The van der Waals surface area contributed by atoms with E-state index in [1.54, 1.807) is 18.2 Å². The predicted octanol–water partition coefficient (Wildman–Crippen LogP) is 1.44. The fourth-order valence-corrected chi connectivity index (χ4v) is 1.25. The Morgan fingerprint density at radius 1 is 1.22 bits per heavy atom. The molecule has 1 N–H and O–H groups in total.